The lowest BCUT2D eigenvalue weighted by molar-refractivity contribution is -0.119. The molecule has 1 atom stereocenters. The lowest BCUT2D eigenvalue weighted by atomic mass is 10.1. The molecule has 0 fully saturated rings. The SMILES string of the molecule is Cc1ncsc1COc1ccc2oc(C)c(C(=O)N[C@H](C)C(N)=O)c2c1. The van der Waals surface area contributed by atoms with E-state index in [2.05, 4.69) is 10.3 Å². The molecule has 0 spiro atoms. The second-order valence-electron chi connectivity index (χ2n) is 5.94. The van der Waals surface area contributed by atoms with E-state index in [9.17, 15) is 9.59 Å². The van der Waals surface area contributed by atoms with Crippen molar-refractivity contribution in [3.8, 4) is 5.75 Å². The molecule has 0 radical (unpaired) electrons. The molecule has 8 heteroatoms. The van der Waals surface area contributed by atoms with E-state index in [0.717, 1.165) is 10.6 Å². The maximum atomic E-state index is 12.5. The van der Waals surface area contributed by atoms with Crippen molar-refractivity contribution in [1.29, 1.82) is 0 Å². The first-order chi connectivity index (χ1) is 12.4. The average molecular weight is 373 g/mol. The monoisotopic (exact) mass is 373 g/mol. The Bertz CT molecular complexity index is 976. The minimum absolute atomic E-state index is 0.368. The maximum Gasteiger partial charge on any atom is 0.256 e. The number of amides is 2. The number of furan rings is 1. The number of nitrogens with one attached hydrogen (secondary N) is 1. The molecular weight excluding hydrogens is 354 g/mol. The molecule has 26 heavy (non-hydrogen) atoms. The van der Waals surface area contributed by atoms with E-state index < -0.39 is 17.9 Å². The second kappa shape index (κ2) is 7.17. The summed E-state index contributed by atoms with van der Waals surface area (Å²) in [6.07, 6.45) is 0. The summed E-state index contributed by atoms with van der Waals surface area (Å²) in [6, 6.07) is 4.52. The Hall–Kier alpha value is -2.87. The van der Waals surface area contributed by atoms with Gasteiger partial charge in [-0.15, -0.1) is 11.3 Å². The molecule has 0 saturated carbocycles. The standard InChI is InChI=1S/C18H19N3O4S/c1-9-15(26-8-20-9)7-24-12-4-5-14-13(6-12)16(11(3)25-14)18(23)21-10(2)17(19)22/h4-6,8,10H,7H2,1-3H3,(H2,19,22)(H,21,23)/t10-/m1/s1. The van der Waals surface area contributed by atoms with Crippen LogP contribution < -0.4 is 15.8 Å². The molecule has 0 bridgehead atoms. The molecule has 3 N–H and O–H groups in total. The fourth-order valence-electron chi connectivity index (χ4n) is 2.52. The van der Waals surface area contributed by atoms with Gasteiger partial charge in [0.2, 0.25) is 5.91 Å². The van der Waals surface area contributed by atoms with E-state index >= 15 is 0 Å². The third kappa shape index (κ3) is 3.55. The zero-order chi connectivity index (χ0) is 18.8. The van der Waals surface area contributed by atoms with Crippen LogP contribution in [-0.2, 0) is 11.4 Å². The third-order valence-corrected chi connectivity index (χ3v) is 4.96. The number of carbonyl (C=O) groups excluding carboxylic acids is 2. The highest BCUT2D eigenvalue weighted by atomic mass is 32.1. The second-order valence-corrected chi connectivity index (χ2v) is 6.88. The molecule has 0 saturated heterocycles. The van der Waals surface area contributed by atoms with Gasteiger partial charge in [0.05, 0.1) is 21.6 Å². The molecular formula is C18H19N3O4S. The minimum Gasteiger partial charge on any atom is -0.488 e. The number of hydrogen-bond donors (Lipinski definition) is 2. The molecule has 7 nitrogen and oxygen atoms in total. The molecule has 136 valence electrons. The number of thiazole rings is 1. The topological polar surface area (TPSA) is 107 Å². The molecule has 1 aromatic carbocycles. The first kappa shape index (κ1) is 17.9. The summed E-state index contributed by atoms with van der Waals surface area (Å²) >= 11 is 1.53. The molecule has 3 rings (SSSR count). The highest BCUT2D eigenvalue weighted by molar-refractivity contribution is 7.09. The smallest absolute Gasteiger partial charge is 0.256 e. The predicted octanol–water partition coefficient (Wildman–Crippen LogP) is 2.69. The van der Waals surface area contributed by atoms with Gasteiger partial charge in [-0.1, -0.05) is 0 Å². The summed E-state index contributed by atoms with van der Waals surface area (Å²) in [4.78, 5) is 29.0. The van der Waals surface area contributed by atoms with Crippen LogP contribution in [-0.4, -0.2) is 22.8 Å². The van der Waals surface area contributed by atoms with Crippen LogP contribution in [0.2, 0.25) is 0 Å². The van der Waals surface area contributed by atoms with Crippen molar-refractivity contribution in [2.45, 2.75) is 33.4 Å². The van der Waals surface area contributed by atoms with Gasteiger partial charge in [-0.2, -0.15) is 0 Å². The van der Waals surface area contributed by atoms with Crippen molar-refractivity contribution in [1.82, 2.24) is 10.3 Å². The van der Waals surface area contributed by atoms with E-state index in [1.54, 1.807) is 30.6 Å². The van der Waals surface area contributed by atoms with Crippen molar-refractivity contribution in [3.05, 3.63) is 45.6 Å². The fraction of sp³-hybridized carbons (Fsp3) is 0.278. The summed E-state index contributed by atoms with van der Waals surface area (Å²) in [6.45, 7) is 5.56. The lowest BCUT2D eigenvalue weighted by Crippen LogP contribution is -2.42. The summed E-state index contributed by atoms with van der Waals surface area (Å²) in [7, 11) is 0. The van der Waals surface area contributed by atoms with Crippen LogP contribution >= 0.6 is 11.3 Å². The average Bonchev–Trinajstić information content (AvgIpc) is 3.14. The number of nitrogens with zero attached hydrogens (tertiary/aromatic N) is 1. The van der Waals surface area contributed by atoms with E-state index in [4.69, 9.17) is 14.9 Å². The molecule has 0 aliphatic rings. The Kier molecular flexibility index (Phi) is 4.94. The van der Waals surface area contributed by atoms with Gasteiger partial charge in [-0.3, -0.25) is 9.59 Å². The van der Waals surface area contributed by atoms with Gasteiger partial charge >= 0.3 is 0 Å². The van der Waals surface area contributed by atoms with E-state index in [1.165, 1.54) is 18.3 Å². The van der Waals surface area contributed by atoms with Crippen molar-refractivity contribution >= 4 is 34.1 Å². The number of benzene rings is 1. The van der Waals surface area contributed by atoms with Crippen LogP contribution in [0.4, 0.5) is 0 Å². The molecule has 0 aliphatic heterocycles. The first-order valence-corrected chi connectivity index (χ1v) is 8.90. The van der Waals surface area contributed by atoms with Gasteiger partial charge < -0.3 is 20.2 Å². The van der Waals surface area contributed by atoms with E-state index in [1.807, 2.05) is 6.92 Å². The summed E-state index contributed by atoms with van der Waals surface area (Å²) in [5, 5.41) is 3.20. The fourth-order valence-corrected chi connectivity index (χ4v) is 3.21. The molecule has 3 aromatic rings. The summed E-state index contributed by atoms with van der Waals surface area (Å²) in [5.74, 6) is 0.0588. The Morgan fingerprint density at radius 2 is 2.15 bits per heavy atom. The van der Waals surface area contributed by atoms with Crippen molar-refractivity contribution in [3.63, 3.8) is 0 Å². The van der Waals surface area contributed by atoms with Crippen molar-refractivity contribution < 1.29 is 18.7 Å². The van der Waals surface area contributed by atoms with Gasteiger partial charge in [0.25, 0.3) is 5.91 Å². The van der Waals surface area contributed by atoms with Crippen LogP contribution in [0.3, 0.4) is 0 Å². The van der Waals surface area contributed by atoms with Crippen molar-refractivity contribution in [2.75, 3.05) is 0 Å². The van der Waals surface area contributed by atoms with E-state index in [0.29, 0.717) is 34.6 Å². The molecule has 0 unspecified atom stereocenters. The van der Waals surface area contributed by atoms with Crippen molar-refractivity contribution in [2.24, 2.45) is 5.73 Å². The molecule has 0 aliphatic carbocycles. The number of hydrogen-bond acceptors (Lipinski definition) is 6. The highest BCUT2D eigenvalue weighted by Gasteiger charge is 2.21. The molecule has 2 aromatic heterocycles. The number of aryl methyl sites for hydroxylation is 2. The third-order valence-electron chi connectivity index (χ3n) is 4.05. The Morgan fingerprint density at radius 3 is 2.81 bits per heavy atom. The maximum absolute atomic E-state index is 12.5. The zero-order valence-electron chi connectivity index (χ0n) is 14.7. The Balaban J connectivity index is 1.87. The number of primary amides is 1. The Morgan fingerprint density at radius 1 is 1.38 bits per heavy atom. The zero-order valence-corrected chi connectivity index (χ0v) is 15.5. The van der Waals surface area contributed by atoms with Crippen LogP contribution in [0.15, 0.2) is 28.1 Å². The number of aromatic nitrogens is 1. The lowest BCUT2D eigenvalue weighted by Gasteiger charge is -2.10. The van der Waals surface area contributed by atoms with Crippen LogP contribution in [0.5, 0.6) is 5.75 Å². The van der Waals surface area contributed by atoms with Crippen LogP contribution in [0, 0.1) is 13.8 Å². The summed E-state index contributed by atoms with van der Waals surface area (Å²) in [5.41, 5.74) is 8.86. The number of ether oxygens (including phenoxy) is 1. The number of carbonyl (C=O) groups is 2. The number of nitrogens with two attached hydrogens (primary N) is 1. The quantitative estimate of drug-likeness (QED) is 0.691. The van der Waals surface area contributed by atoms with Gasteiger partial charge in [-0.05, 0) is 39.0 Å². The molecule has 2 heterocycles. The minimum atomic E-state index is -0.777. The van der Waals surface area contributed by atoms with Gasteiger partial charge in [0.1, 0.15) is 29.7 Å². The highest BCUT2D eigenvalue weighted by Crippen LogP contribution is 2.30. The van der Waals surface area contributed by atoms with Crippen LogP contribution in [0.1, 0.15) is 33.6 Å². The summed E-state index contributed by atoms with van der Waals surface area (Å²) < 4.78 is 11.5. The van der Waals surface area contributed by atoms with Gasteiger partial charge in [-0.25, -0.2) is 4.98 Å². The predicted molar refractivity (Wildman–Crippen MR) is 98.3 cm³/mol. The van der Waals surface area contributed by atoms with Gasteiger partial charge in [0, 0.05) is 5.39 Å². The molecule has 2 amide bonds. The Labute approximate surface area is 154 Å². The normalized spacial score (nSPS) is 12.1. The van der Waals surface area contributed by atoms with Gasteiger partial charge in [0.15, 0.2) is 0 Å². The van der Waals surface area contributed by atoms with Crippen LogP contribution in [0.25, 0.3) is 11.0 Å². The number of rotatable bonds is 6. The van der Waals surface area contributed by atoms with E-state index in [-0.39, 0.29) is 0 Å². The largest absolute Gasteiger partial charge is 0.488 e. The first-order valence-electron chi connectivity index (χ1n) is 8.02. The number of fused-ring (bicyclic) bond motifs is 1.